The molecule has 0 aromatic carbocycles. The molecule has 0 atom stereocenters. The molecule has 6 heteroatoms. The van der Waals surface area contributed by atoms with Crippen LogP contribution in [0.5, 0.6) is 0 Å². The molecule has 0 aliphatic rings. The number of halogens is 1. The molecule has 1 aromatic rings. The molecule has 1 N–H and O–H groups in total. The van der Waals surface area contributed by atoms with E-state index in [2.05, 4.69) is 11.4 Å². The highest BCUT2D eigenvalue weighted by atomic mass is 35.5. The fourth-order valence-electron chi connectivity index (χ4n) is 1.43. The molecule has 1 rings (SSSR count). The number of ether oxygens (including phenoxy) is 3. The normalized spacial score (nSPS) is 11.1. The highest BCUT2D eigenvalue weighted by Crippen LogP contribution is 2.21. The van der Waals surface area contributed by atoms with E-state index in [-0.39, 0.29) is 0 Å². The zero-order chi connectivity index (χ0) is 13.8. The van der Waals surface area contributed by atoms with Crippen molar-refractivity contribution in [1.82, 2.24) is 5.32 Å². The number of hydrogen-bond donors (Lipinski definition) is 1. The van der Waals surface area contributed by atoms with Gasteiger partial charge in [-0.3, -0.25) is 0 Å². The van der Waals surface area contributed by atoms with E-state index >= 15 is 0 Å². The summed E-state index contributed by atoms with van der Waals surface area (Å²) in [6, 6.07) is 4.01. The predicted molar refractivity (Wildman–Crippen MR) is 79.4 cm³/mol. The second-order valence-corrected chi connectivity index (χ2v) is 5.72. The van der Waals surface area contributed by atoms with E-state index in [9.17, 15) is 0 Å². The molecule has 0 unspecified atom stereocenters. The van der Waals surface area contributed by atoms with Crippen molar-refractivity contribution >= 4 is 22.9 Å². The monoisotopic (exact) mass is 307 g/mol. The molecule has 4 nitrogen and oxygen atoms in total. The molecule has 0 fully saturated rings. The van der Waals surface area contributed by atoms with Gasteiger partial charge in [-0.2, -0.15) is 0 Å². The SMILES string of the molecule is COCCOCCOCCNCCc1ccc(Cl)s1. The maximum Gasteiger partial charge on any atom is 0.0931 e. The van der Waals surface area contributed by atoms with Gasteiger partial charge in [0.2, 0.25) is 0 Å². The van der Waals surface area contributed by atoms with Gasteiger partial charge in [-0.25, -0.2) is 0 Å². The van der Waals surface area contributed by atoms with E-state index in [0.717, 1.165) is 23.8 Å². The van der Waals surface area contributed by atoms with Crippen LogP contribution < -0.4 is 5.32 Å². The van der Waals surface area contributed by atoms with E-state index in [1.807, 2.05) is 6.07 Å². The van der Waals surface area contributed by atoms with Crippen LogP contribution in [0, 0.1) is 0 Å². The summed E-state index contributed by atoms with van der Waals surface area (Å²) in [5, 5.41) is 3.33. The number of rotatable bonds is 12. The number of methoxy groups -OCH3 is 1. The zero-order valence-corrected chi connectivity index (χ0v) is 12.9. The van der Waals surface area contributed by atoms with Crippen LogP contribution in [0.15, 0.2) is 12.1 Å². The summed E-state index contributed by atoms with van der Waals surface area (Å²) in [6.07, 6.45) is 1.01. The summed E-state index contributed by atoms with van der Waals surface area (Å²) in [7, 11) is 1.66. The summed E-state index contributed by atoms with van der Waals surface area (Å²) in [5.74, 6) is 0. The molecular formula is C13H22ClNO3S. The van der Waals surface area contributed by atoms with Crippen LogP contribution >= 0.6 is 22.9 Å². The Kier molecular flexibility index (Phi) is 10.3. The first kappa shape index (κ1) is 16.9. The second-order valence-electron chi connectivity index (χ2n) is 3.92. The van der Waals surface area contributed by atoms with E-state index in [0.29, 0.717) is 33.0 Å². The third-order valence-electron chi connectivity index (χ3n) is 2.40. The van der Waals surface area contributed by atoms with Crippen LogP contribution in [0.1, 0.15) is 4.88 Å². The molecule has 1 aromatic heterocycles. The molecule has 1 heterocycles. The van der Waals surface area contributed by atoms with Gasteiger partial charge in [-0.15, -0.1) is 11.3 Å². The summed E-state index contributed by atoms with van der Waals surface area (Å²) in [4.78, 5) is 1.31. The van der Waals surface area contributed by atoms with Crippen molar-refractivity contribution in [2.24, 2.45) is 0 Å². The van der Waals surface area contributed by atoms with Gasteiger partial charge in [0.15, 0.2) is 0 Å². The van der Waals surface area contributed by atoms with Gasteiger partial charge >= 0.3 is 0 Å². The molecule has 0 saturated carbocycles. The Morgan fingerprint density at radius 2 is 1.79 bits per heavy atom. The average molecular weight is 308 g/mol. The highest BCUT2D eigenvalue weighted by Gasteiger charge is 1.97. The average Bonchev–Trinajstić information content (AvgIpc) is 2.82. The summed E-state index contributed by atoms with van der Waals surface area (Å²) < 4.78 is 16.4. The van der Waals surface area contributed by atoms with Crippen LogP contribution in [0.3, 0.4) is 0 Å². The Labute approximate surface area is 124 Å². The van der Waals surface area contributed by atoms with E-state index in [4.69, 9.17) is 25.8 Å². The van der Waals surface area contributed by atoms with Crippen LogP contribution in [0.2, 0.25) is 4.34 Å². The minimum Gasteiger partial charge on any atom is -0.382 e. The van der Waals surface area contributed by atoms with Crippen LogP contribution in [-0.2, 0) is 20.6 Å². The van der Waals surface area contributed by atoms with Gasteiger partial charge in [0.1, 0.15) is 0 Å². The van der Waals surface area contributed by atoms with Gasteiger partial charge in [0.25, 0.3) is 0 Å². The fourth-order valence-corrected chi connectivity index (χ4v) is 2.52. The lowest BCUT2D eigenvalue weighted by Crippen LogP contribution is -2.22. The van der Waals surface area contributed by atoms with Crippen molar-refractivity contribution in [3.8, 4) is 0 Å². The van der Waals surface area contributed by atoms with E-state index in [1.165, 1.54) is 4.88 Å². The Balaban J connectivity index is 1.79. The first-order valence-corrected chi connectivity index (χ1v) is 7.61. The standard InChI is InChI=1S/C13H22ClNO3S/c1-16-8-9-18-11-10-17-7-6-15-5-4-12-2-3-13(14)19-12/h2-3,15H,4-11H2,1H3. The fraction of sp³-hybridized carbons (Fsp3) is 0.692. The quantitative estimate of drug-likeness (QED) is 0.601. The minimum atomic E-state index is 0.622. The summed E-state index contributed by atoms with van der Waals surface area (Å²) in [6.45, 7) is 5.03. The van der Waals surface area contributed by atoms with Gasteiger partial charge in [-0.05, 0) is 18.6 Å². The number of thiophene rings is 1. The first-order chi connectivity index (χ1) is 9.33. The maximum absolute atomic E-state index is 5.86. The Bertz CT molecular complexity index is 323. The second kappa shape index (κ2) is 11.6. The molecular weight excluding hydrogens is 286 g/mol. The molecule has 0 amide bonds. The molecule has 0 saturated heterocycles. The van der Waals surface area contributed by atoms with Crippen molar-refractivity contribution in [2.45, 2.75) is 6.42 Å². The van der Waals surface area contributed by atoms with Gasteiger partial charge in [-0.1, -0.05) is 11.6 Å². The molecule has 19 heavy (non-hydrogen) atoms. The smallest absolute Gasteiger partial charge is 0.0931 e. The van der Waals surface area contributed by atoms with E-state index < -0.39 is 0 Å². The summed E-state index contributed by atoms with van der Waals surface area (Å²) >= 11 is 7.50. The van der Waals surface area contributed by atoms with Crippen molar-refractivity contribution in [3.63, 3.8) is 0 Å². The molecule has 0 aliphatic carbocycles. The largest absolute Gasteiger partial charge is 0.382 e. The highest BCUT2D eigenvalue weighted by molar-refractivity contribution is 7.16. The van der Waals surface area contributed by atoms with Crippen molar-refractivity contribution in [2.75, 3.05) is 53.2 Å². The zero-order valence-electron chi connectivity index (χ0n) is 11.3. The Hall–Kier alpha value is -0.170. The Morgan fingerprint density at radius 3 is 2.47 bits per heavy atom. The maximum atomic E-state index is 5.86. The summed E-state index contributed by atoms with van der Waals surface area (Å²) in [5.41, 5.74) is 0. The predicted octanol–water partition coefficient (Wildman–Crippen LogP) is 2.21. The number of nitrogens with one attached hydrogen (secondary N) is 1. The van der Waals surface area contributed by atoms with Crippen molar-refractivity contribution < 1.29 is 14.2 Å². The lowest BCUT2D eigenvalue weighted by atomic mass is 10.3. The number of hydrogen-bond acceptors (Lipinski definition) is 5. The first-order valence-electron chi connectivity index (χ1n) is 6.42. The van der Waals surface area contributed by atoms with E-state index in [1.54, 1.807) is 18.4 Å². The molecule has 0 bridgehead atoms. The molecule has 0 aliphatic heterocycles. The molecule has 110 valence electrons. The van der Waals surface area contributed by atoms with Crippen LogP contribution in [-0.4, -0.2) is 53.2 Å². The van der Waals surface area contributed by atoms with Crippen molar-refractivity contribution in [3.05, 3.63) is 21.3 Å². The lowest BCUT2D eigenvalue weighted by molar-refractivity contribution is 0.0256. The third kappa shape index (κ3) is 9.38. The van der Waals surface area contributed by atoms with Crippen LogP contribution in [0.4, 0.5) is 0 Å². The van der Waals surface area contributed by atoms with Crippen LogP contribution in [0.25, 0.3) is 0 Å². The lowest BCUT2D eigenvalue weighted by Gasteiger charge is -2.06. The van der Waals surface area contributed by atoms with Gasteiger partial charge < -0.3 is 19.5 Å². The molecule has 0 radical (unpaired) electrons. The van der Waals surface area contributed by atoms with Gasteiger partial charge in [0.05, 0.1) is 37.4 Å². The topological polar surface area (TPSA) is 39.7 Å². The molecule has 0 spiro atoms. The van der Waals surface area contributed by atoms with Gasteiger partial charge in [0, 0.05) is 25.1 Å². The third-order valence-corrected chi connectivity index (χ3v) is 3.69. The minimum absolute atomic E-state index is 0.622. The van der Waals surface area contributed by atoms with Crippen molar-refractivity contribution in [1.29, 1.82) is 0 Å². The Morgan fingerprint density at radius 1 is 1.05 bits per heavy atom.